The molecule has 0 nitrogen and oxygen atoms in total. The molecule has 0 aromatic heterocycles. The minimum absolute atomic E-state index is 1.03. The standard InChI is InChI=1S/C14H24/c1-9-6-7-13-12-5-3-4-11(12)10(2)14(13)8-9/h9-14H,3-8H2,1-2H3. The third-order valence-corrected chi connectivity index (χ3v) is 5.74. The van der Waals surface area contributed by atoms with Crippen LogP contribution in [0.3, 0.4) is 0 Å². The first-order valence-corrected chi connectivity index (χ1v) is 6.77. The first-order valence-electron chi connectivity index (χ1n) is 6.77. The molecule has 3 fully saturated rings. The summed E-state index contributed by atoms with van der Waals surface area (Å²) >= 11 is 0. The van der Waals surface area contributed by atoms with Gasteiger partial charge in [0, 0.05) is 0 Å². The zero-order valence-corrected chi connectivity index (χ0v) is 9.71. The lowest BCUT2D eigenvalue weighted by Gasteiger charge is -2.34. The van der Waals surface area contributed by atoms with E-state index in [1.165, 1.54) is 6.42 Å². The second kappa shape index (κ2) is 3.25. The van der Waals surface area contributed by atoms with Crippen LogP contribution in [0.15, 0.2) is 0 Å². The van der Waals surface area contributed by atoms with Gasteiger partial charge in [-0.2, -0.15) is 0 Å². The Morgan fingerprint density at radius 2 is 1.43 bits per heavy atom. The molecule has 0 heteroatoms. The molecule has 80 valence electrons. The lowest BCUT2D eigenvalue weighted by molar-refractivity contribution is 0.162. The smallest absolute Gasteiger partial charge is 0.0352 e. The highest BCUT2D eigenvalue weighted by atomic mass is 14.6. The van der Waals surface area contributed by atoms with Crippen LogP contribution in [0.4, 0.5) is 0 Å². The largest absolute Gasteiger partial charge is 0.0625 e. The molecule has 0 aromatic rings. The summed E-state index contributed by atoms with van der Waals surface area (Å²) in [7, 11) is 0. The third-order valence-electron chi connectivity index (χ3n) is 5.74. The van der Waals surface area contributed by atoms with Crippen molar-refractivity contribution in [2.24, 2.45) is 35.5 Å². The van der Waals surface area contributed by atoms with Gasteiger partial charge in [-0.3, -0.25) is 0 Å². The fourth-order valence-electron chi connectivity index (χ4n) is 5.10. The first kappa shape index (κ1) is 9.24. The Morgan fingerprint density at radius 3 is 2.29 bits per heavy atom. The van der Waals surface area contributed by atoms with Crippen molar-refractivity contribution in [3.63, 3.8) is 0 Å². The zero-order chi connectivity index (χ0) is 9.71. The van der Waals surface area contributed by atoms with Crippen molar-refractivity contribution in [1.29, 1.82) is 0 Å². The van der Waals surface area contributed by atoms with Gasteiger partial charge in [0.1, 0.15) is 0 Å². The Bertz CT molecular complexity index is 220. The molecule has 0 N–H and O–H groups in total. The molecule has 6 unspecified atom stereocenters. The number of hydrogen-bond donors (Lipinski definition) is 0. The topological polar surface area (TPSA) is 0 Å². The van der Waals surface area contributed by atoms with Gasteiger partial charge in [0.05, 0.1) is 0 Å². The highest BCUT2D eigenvalue weighted by molar-refractivity contribution is 5.00. The first-order chi connectivity index (χ1) is 6.77. The van der Waals surface area contributed by atoms with Gasteiger partial charge in [-0.05, 0) is 61.2 Å². The highest BCUT2D eigenvalue weighted by Crippen LogP contribution is 2.58. The Hall–Kier alpha value is 0. The van der Waals surface area contributed by atoms with Gasteiger partial charge in [0.15, 0.2) is 0 Å². The van der Waals surface area contributed by atoms with E-state index in [9.17, 15) is 0 Å². The van der Waals surface area contributed by atoms with Crippen LogP contribution in [0.2, 0.25) is 0 Å². The minimum atomic E-state index is 1.03. The third kappa shape index (κ3) is 1.19. The van der Waals surface area contributed by atoms with Crippen molar-refractivity contribution in [3.05, 3.63) is 0 Å². The molecule has 0 aromatic carbocycles. The molecular formula is C14H24. The Kier molecular flexibility index (Phi) is 2.15. The zero-order valence-electron chi connectivity index (χ0n) is 9.71. The van der Waals surface area contributed by atoms with Gasteiger partial charge < -0.3 is 0 Å². The van der Waals surface area contributed by atoms with Crippen LogP contribution in [0.25, 0.3) is 0 Å². The fourth-order valence-corrected chi connectivity index (χ4v) is 5.10. The van der Waals surface area contributed by atoms with Gasteiger partial charge >= 0.3 is 0 Å². The predicted octanol–water partition coefficient (Wildman–Crippen LogP) is 4.10. The van der Waals surface area contributed by atoms with E-state index in [1.807, 2.05) is 0 Å². The number of hydrogen-bond acceptors (Lipinski definition) is 0. The van der Waals surface area contributed by atoms with Crippen LogP contribution < -0.4 is 0 Å². The normalized spacial score (nSPS) is 57.0. The van der Waals surface area contributed by atoms with Gasteiger partial charge in [-0.15, -0.1) is 0 Å². The Morgan fingerprint density at radius 1 is 0.714 bits per heavy atom. The van der Waals surface area contributed by atoms with Crippen molar-refractivity contribution >= 4 is 0 Å². The summed E-state index contributed by atoms with van der Waals surface area (Å²) in [5, 5.41) is 0. The summed E-state index contributed by atoms with van der Waals surface area (Å²) in [6, 6.07) is 0. The summed E-state index contributed by atoms with van der Waals surface area (Å²) < 4.78 is 0. The average molecular weight is 192 g/mol. The van der Waals surface area contributed by atoms with E-state index in [0.717, 1.165) is 35.5 Å². The lowest BCUT2D eigenvalue weighted by Crippen LogP contribution is -2.25. The van der Waals surface area contributed by atoms with Crippen molar-refractivity contribution < 1.29 is 0 Å². The van der Waals surface area contributed by atoms with Gasteiger partial charge in [-0.25, -0.2) is 0 Å². The molecule has 6 atom stereocenters. The molecule has 3 saturated carbocycles. The molecule has 3 aliphatic rings. The Labute approximate surface area is 88.5 Å². The molecule has 3 aliphatic carbocycles. The second-order valence-electron chi connectivity index (χ2n) is 6.36. The molecule has 3 rings (SSSR count). The summed E-state index contributed by atoms with van der Waals surface area (Å²) in [4.78, 5) is 0. The van der Waals surface area contributed by atoms with E-state index < -0.39 is 0 Å². The fraction of sp³-hybridized carbons (Fsp3) is 1.00. The maximum Gasteiger partial charge on any atom is -0.0352 e. The van der Waals surface area contributed by atoms with Gasteiger partial charge in [-0.1, -0.05) is 26.7 Å². The predicted molar refractivity (Wildman–Crippen MR) is 60.0 cm³/mol. The van der Waals surface area contributed by atoms with E-state index in [2.05, 4.69) is 13.8 Å². The number of rotatable bonds is 0. The minimum Gasteiger partial charge on any atom is -0.0625 e. The van der Waals surface area contributed by atoms with Crippen LogP contribution in [-0.2, 0) is 0 Å². The summed E-state index contributed by atoms with van der Waals surface area (Å²) in [6.45, 7) is 5.03. The molecule has 0 spiro atoms. The van der Waals surface area contributed by atoms with Crippen LogP contribution in [0.5, 0.6) is 0 Å². The van der Waals surface area contributed by atoms with E-state index in [1.54, 1.807) is 32.1 Å². The van der Waals surface area contributed by atoms with Gasteiger partial charge in [0.25, 0.3) is 0 Å². The van der Waals surface area contributed by atoms with Crippen LogP contribution in [-0.4, -0.2) is 0 Å². The molecule has 0 heterocycles. The van der Waals surface area contributed by atoms with Gasteiger partial charge in [0.2, 0.25) is 0 Å². The van der Waals surface area contributed by atoms with E-state index in [4.69, 9.17) is 0 Å². The SMILES string of the molecule is CC1CCC2C(C1)C(C)C1CCCC12. The number of fused-ring (bicyclic) bond motifs is 3. The van der Waals surface area contributed by atoms with Crippen molar-refractivity contribution in [1.82, 2.24) is 0 Å². The molecular weight excluding hydrogens is 168 g/mol. The summed E-state index contributed by atoms with van der Waals surface area (Å²) in [5.41, 5.74) is 0. The molecule has 0 aliphatic heterocycles. The van der Waals surface area contributed by atoms with Crippen LogP contribution in [0.1, 0.15) is 52.4 Å². The Balaban J connectivity index is 1.82. The average Bonchev–Trinajstić information content (AvgIpc) is 2.72. The maximum atomic E-state index is 2.56. The lowest BCUT2D eigenvalue weighted by atomic mass is 9.72. The molecule has 0 bridgehead atoms. The molecule has 0 amide bonds. The second-order valence-corrected chi connectivity index (χ2v) is 6.36. The van der Waals surface area contributed by atoms with Crippen molar-refractivity contribution in [2.75, 3.05) is 0 Å². The molecule has 0 radical (unpaired) electrons. The van der Waals surface area contributed by atoms with Crippen molar-refractivity contribution in [3.8, 4) is 0 Å². The van der Waals surface area contributed by atoms with Crippen LogP contribution in [0, 0.1) is 35.5 Å². The molecule has 0 saturated heterocycles. The van der Waals surface area contributed by atoms with E-state index >= 15 is 0 Å². The quantitative estimate of drug-likeness (QED) is 0.542. The summed E-state index contributed by atoms with van der Waals surface area (Å²) in [6.07, 6.45) is 9.32. The van der Waals surface area contributed by atoms with E-state index in [-0.39, 0.29) is 0 Å². The maximum absolute atomic E-state index is 2.56. The van der Waals surface area contributed by atoms with E-state index in [0.29, 0.717) is 0 Å². The highest BCUT2D eigenvalue weighted by Gasteiger charge is 2.50. The van der Waals surface area contributed by atoms with Crippen LogP contribution >= 0.6 is 0 Å². The van der Waals surface area contributed by atoms with Crippen molar-refractivity contribution in [2.45, 2.75) is 52.4 Å². The monoisotopic (exact) mass is 192 g/mol. The summed E-state index contributed by atoms with van der Waals surface area (Å²) in [5.74, 6) is 6.65. The molecule has 14 heavy (non-hydrogen) atoms.